The average Bonchev–Trinajstić information content (AvgIpc) is 2.88. The SMILES string of the molecule is COC(=O)c1cccc2c1C1CCC2N1.Cl. The first-order chi connectivity index (χ1) is 7.31. The van der Waals surface area contributed by atoms with E-state index in [0.29, 0.717) is 12.1 Å². The van der Waals surface area contributed by atoms with Crippen LogP contribution in [-0.4, -0.2) is 13.1 Å². The first-order valence-corrected chi connectivity index (χ1v) is 5.28. The number of methoxy groups -OCH3 is 1. The van der Waals surface area contributed by atoms with E-state index in [1.54, 1.807) is 0 Å². The first kappa shape index (κ1) is 11.4. The second-order valence-electron chi connectivity index (χ2n) is 4.15. The molecule has 0 aliphatic carbocycles. The van der Waals surface area contributed by atoms with Gasteiger partial charge in [-0.15, -0.1) is 12.4 Å². The lowest BCUT2D eigenvalue weighted by atomic mass is 9.88. The molecule has 0 aromatic heterocycles. The number of esters is 1. The van der Waals surface area contributed by atoms with E-state index in [-0.39, 0.29) is 18.4 Å². The lowest BCUT2D eigenvalue weighted by Crippen LogP contribution is -2.11. The van der Waals surface area contributed by atoms with Gasteiger partial charge in [0.2, 0.25) is 0 Å². The number of ether oxygens (including phenoxy) is 1. The minimum Gasteiger partial charge on any atom is -0.465 e. The Kier molecular flexibility index (Phi) is 2.91. The van der Waals surface area contributed by atoms with E-state index in [1.807, 2.05) is 12.1 Å². The number of halogens is 1. The highest BCUT2D eigenvalue weighted by Crippen LogP contribution is 2.46. The van der Waals surface area contributed by atoms with Gasteiger partial charge in [0.05, 0.1) is 12.7 Å². The average molecular weight is 240 g/mol. The highest BCUT2D eigenvalue weighted by atomic mass is 35.5. The third kappa shape index (κ3) is 1.43. The van der Waals surface area contributed by atoms with Crippen LogP contribution in [0.2, 0.25) is 0 Å². The number of benzene rings is 1. The highest BCUT2D eigenvalue weighted by molar-refractivity contribution is 5.92. The predicted octanol–water partition coefficient (Wildman–Crippen LogP) is 2.37. The first-order valence-electron chi connectivity index (χ1n) is 5.28. The Labute approximate surface area is 101 Å². The zero-order chi connectivity index (χ0) is 10.4. The maximum absolute atomic E-state index is 11.6. The summed E-state index contributed by atoms with van der Waals surface area (Å²) < 4.78 is 4.80. The molecule has 0 amide bonds. The number of fused-ring (bicyclic) bond motifs is 5. The molecule has 1 fully saturated rings. The van der Waals surface area contributed by atoms with Crippen LogP contribution in [0.1, 0.15) is 46.4 Å². The van der Waals surface area contributed by atoms with Crippen LogP contribution in [0.3, 0.4) is 0 Å². The zero-order valence-electron chi connectivity index (χ0n) is 9.03. The molecule has 0 spiro atoms. The van der Waals surface area contributed by atoms with Crippen LogP contribution < -0.4 is 5.32 Å². The molecule has 1 aromatic rings. The number of carbonyl (C=O) groups excluding carboxylic acids is 1. The molecule has 3 nitrogen and oxygen atoms in total. The van der Waals surface area contributed by atoms with E-state index in [0.717, 1.165) is 12.0 Å². The van der Waals surface area contributed by atoms with Gasteiger partial charge in [-0.25, -0.2) is 4.79 Å². The number of nitrogens with one attached hydrogen (secondary N) is 1. The summed E-state index contributed by atoms with van der Waals surface area (Å²) in [6.07, 6.45) is 2.31. The van der Waals surface area contributed by atoms with Gasteiger partial charge in [0.15, 0.2) is 0 Å². The van der Waals surface area contributed by atoms with Gasteiger partial charge in [-0.2, -0.15) is 0 Å². The Balaban J connectivity index is 0.000000963. The van der Waals surface area contributed by atoms with Crippen molar-refractivity contribution in [2.45, 2.75) is 24.9 Å². The Morgan fingerprint density at radius 3 is 2.88 bits per heavy atom. The molecular formula is C12H14ClNO2. The Morgan fingerprint density at radius 2 is 2.12 bits per heavy atom. The Morgan fingerprint density at radius 1 is 1.38 bits per heavy atom. The minimum atomic E-state index is -0.221. The van der Waals surface area contributed by atoms with Crippen molar-refractivity contribution >= 4 is 18.4 Å². The smallest absolute Gasteiger partial charge is 0.338 e. The molecule has 4 heteroatoms. The van der Waals surface area contributed by atoms with Gasteiger partial charge in [0.25, 0.3) is 0 Å². The minimum absolute atomic E-state index is 0. The van der Waals surface area contributed by atoms with Crippen molar-refractivity contribution in [3.05, 3.63) is 34.9 Å². The van der Waals surface area contributed by atoms with Gasteiger partial charge >= 0.3 is 5.97 Å². The van der Waals surface area contributed by atoms with E-state index >= 15 is 0 Å². The third-order valence-electron chi connectivity index (χ3n) is 3.42. The third-order valence-corrected chi connectivity index (χ3v) is 3.42. The van der Waals surface area contributed by atoms with Crippen LogP contribution in [0, 0.1) is 0 Å². The summed E-state index contributed by atoms with van der Waals surface area (Å²) in [6, 6.07) is 6.72. The van der Waals surface area contributed by atoms with Gasteiger partial charge < -0.3 is 10.1 Å². The summed E-state index contributed by atoms with van der Waals surface area (Å²) in [5, 5.41) is 3.50. The maximum Gasteiger partial charge on any atom is 0.338 e. The molecule has 1 saturated heterocycles. The van der Waals surface area contributed by atoms with Gasteiger partial charge in [-0.3, -0.25) is 0 Å². The summed E-state index contributed by atoms with van der Waals surface area (Å²) in [7, 11) is 1.43. The number of hydrogen-bond acceptors (Lipinski definition) is 3. The van der Waals surface area contributed by atoms with Crippen LogP contribution in [-0.2, 0) is 4.74 Å². The lowest BCUT2D eigenvalue weighted by molar-refractivity contribution is 0.0599. The van der Waals surface area contributed by atoms with Gasteiger partial charge in [-0.1, -0.05) is 12.1 Å². The highest BCUT2D eigenvalue weighted by Gasteiger charge is 2.38. The fourth-order valence-corrected chi connectivity index (χ4v) is 2.78. The standard InChI is InChI=1S/C12H13NO2.ClH/c1-15-12(14)8-4-2-3-7-9-5-6-10(13-9)11(7)8;/h2-4,9-10,13H,5-6H2,1H3;1H. The summed E-state index contributed by atoms with van der Waals surface area (Å²) in [5.74, 6) is -0.221. The van der Waals surface area contributed by atoms with Crippen molar-refractivity contribution < 1.29 is 9.53 Å². The van der Waals surface area contributed by atoms with E-state index < -0.39 is 0 Å². The van der Waals surface area contributed by atoms with Crippen molar-refractivity contribution in [3.8, 4) is 0 Å². The van der Waals surface area contributed by atoms with Crippen LogP contribution in [0.15, 0.2) is 18.2 Å². The topological polar surface area (TPSA) is 38.3 Å². The van der Waals surface area contributed by atoms with Gasteiger partial charge in [0.1, 0.15) is 0 Å². The normalized spacial score (nSPS) is 24.8. The molecule has 2 bridgehead atoms. The number of hydrogen-bond donors (Lipinski definition) is 1. The molecule has 16 heavy (non-hydrogen) atoms. The second kappa shape index (κ2) is 4.07. The van der Waals surface area contributed by atoms with Crippen molar-refractivity contribution in [2.75, 3.05) is 7.11 Å². The molecule has 2 aliphatic heterocycles. The molecule has 0 radical (unpaired) electrons. The second-order valence-corrected chi connectivity index (χ2v) is 4.15. The largest absolute Gasteiger partial charge is 0.465 e. The van der Waals surface area contributed by atoms with Gasteiger partial charge in [-0.05, 0) is 30.0 Å². The quantitative estimate of drug-likeness (QED) is 0.765. The molecule has 2 atom stereocenters. The molecule has 2 unspecified atom stereocenters. The van der Waals surface area contributed by atoms with Crippen molar-refractivity contribution in [3.63, 3.8) is 0 Å². The van der Waals surface area contributed by atoms with Crippen LogP contribution in [0.5, 0.6) is 0 Å². The zero-order valence-corrected chi connectivity index (χ0v) is 9.84. The van der Waals surface area contributed by atoms with E-state index in [9.17, 15) is 4.79 Å². The molecule has 0 saturated carbocycles. The molecule has 1 N–H and O–H groups in total. The fourth-order valence-electron chi connectivity index (χ4n) is 2.78. The maximum atomic E-state index is 11.6. The monoisotopic (exact) mass is 239 g/mol. The van der Waals surface area contributed by atoms with E-state index in [4.69, 9.17) is 4.74 Å². The summed E-state index contributed by atoms with van der Waals surface area (Å²) in [4.78, 5) is 11.6. The molecule has 2 heterocycles. The fraction of sp³-hybridized carbons (Fsp3) is 0.417. The Bertz CT molecular complexity index is 433. The van der Waals surface area contributed by atoms with E-state index in [1.165, 1.54) is 24.7 Å². The van der Waals surface area contributed by atoms with Crippen molar-refractivity contribution in [1.29, 1.82) is 0 Å². The molecule has 2 aliphatic rings. The number of carbonyl (C=O) groups is 1. The predicted molar refractivity (Wildman–Crippen MR) is 62.9 cm³/mol. The molecule has 86 valence electrons. The summed E-state index contributed by atoms with van der Waals surface area (Å²) in [6.45, 7) is 0. The Hall–Kier alpha value is -1.06. The van der Waals surface area contributed by atoms with E-state index in [2.05, 4.69) is 11.4 Å². The summed E-state index contributed by atoms with van der Waals surface area (Å²) in [5.41, 5.74) is 3.18. The van der Waals surface area contributed by atoms with Crippen molar-refractivity contribution in [1.82, 2.24) is 5.32 Å². The summed E-state index contributed by atoms with van der Waals surface area (Å²) >= 11 is 0. The lowest BCUT2D eigenvalue weighted by Gasteiger charge is -2.15. The van der Waals surface area contributed by atoms with Crippen LogP contribution >= 0.6 is 12.4 Å². The molecule has 1 aromatic carbocycles. The molecular weight excluding hydrogens is 226 g/mol. The van der Waals surface area contributed by atoms with Crippen molar-refractivity contribution in [2.24, 2.45) is 0 Å². The van der Waals surface area contributed by atoms with Gasteiger partial charge in [0, 0.05) is 12.1 Å². The van der Waals surface area contributed by atoms with Crippen LogP contribution in [0.4, 0.5) is 0 Å². The number of rotatable bonds is 1. The molecule has 3 rings (SSSR count). The van der Waals surface area contributed by atoms with Crippen LogP contribution in [0.25, 0.3) is 0 Å².